The standard InChI is InChI=1S/C6H14ClNO/c1-3-8(4-2)5-6(7)9/h6,9H,3-5H2,1-2H3. The fourth-order valence-electron chi connectivity index (χ4n) is 0.695. The number of hydrogen-bond donors (Lipinski definition) is 1. The molecule has 0 aromatic heterocycles. The lowest BCUT2D eigenvalue weighted by atomic mass is 10.5. The van der Waals surface area contributed by atoms with Crippen LogP contribution in [0.5, 0.6) is 0 Å². The normalized spacial score (nSPS) is 14.3. The van der Waals surface area contributed by atoms with Gasteiger partial charge in [0.15, 0.2) is 0 Å². The van der Waals surface area contributed by atoms with Crippen LogP contribution >= 0.6 is 11.6 Å². The lowest BCUT2D eigenvalue weighted by molar-refractivity contribution is 0.178. The number of nitrogens with zero attached hydrogens (tertiary/aromatic N) is 1. The van der Waals surface area contributed by atoms with Crippen molar-refractivity contribution < 1.29 is 5.11 Å². The molecule has 0 rings (SSSR count). The van der Waals surface area contributed by atoms with Crippen LogP contribution in [0.25, 0.3) is 0 Å². The molecule has 1 N–H and O–H groups in total. The van der Waals surface area contributed by atoms with Crippen LogP contribution in [0.1, 0.15) is 13.8 Å². The predicted octanol–water partition coefficient (Wildman–Crippen LogP) is 0.885. The Kier molecular flexibility index (Phi) is 5.15. The van der Waals surface area contributed by atoms with E-state index in [1.54, 1.807) is 0 Å². The van der Waals surface area contributed by atoms with Gasteiger partial charge in [-0.1, -0.05) is 25.4 Å². The maximum Gasteiger partial charge on any atom is 0.140 e. The Morgan fingerprint density at radius 2 is 1.89 bits per heavy atom. The molecule has 0 bridgehead atoms. The number of halogens is 1. The first-order chi connectivity index (χ1) is 4.20. The lowest BCUT2D eigenvalue weighted by Gasteiger charge is -2.17. The quantitative estimate of drug-likeness (QED) is 0.604. The molecule has 9 heavy (non-hydrogen) atoms. The number of aliphatic hydroxyl groups excluding tert-OH is 1. The molecule has 0 saturated heterocycles. The second-order valence-electron chi connectivity index (χ2n) is 1.92. The zero-order valence-electron chi connectivity index (χ0n) is 5.97. The van der Waals surface area contributed by atoms with E-state index in [-0.39, 0.29) is 0 Å². The van der Waals surface area contributed by atoms with Crippen LogP contribution in [0.15, 0.2) is 0 Å². The summed E-state index contributed by atoms with van der Waals surface area (Å²) in [5.74, 6) is 0. The van der Waals surface area contributed by atoms with Crippen molar-refractivity contribution in [3.05, 3.63) is 0 Å². The molecule has 1 unspecified atom stereocenters. The lowest BCUT2D eigenvalue weighted by Crippen LogP contribution is -2.29. The molecule has 0 aromatic rings. The fourth-order valence-corrected chi connectivity index (χ4v) is 0.890. The van der Waals surface area contributed by atoms with E-state index in [9.17, 15) is 0 Å². The van der Waals surface area contributed by atoms with E-state index >= 15 is 0 Å². The topological polar surface area (TPSA) is 23.5 Å². The molecule has 0 fully saturated rings. The zero-order valence-corrected chi connectivity index (χ0v) is 6.73. The van der Waals surface area contributed by atoms with Gasteiger partial charge in [0, 0.05) is 6.54 Å². The minimum absolute atomic E-state index is 0.564. The molecule has 0 spiro atoms. The van der Waals surface area contributed by atoms with Gasteiger partial charge in [-0.05, 0) is 13.1 Å². The summed E-state index contributed by atoms with van der Waals surface area (Å²) in [6.45, 7) is 6.54. The van der Waals surface area contributed by atoms with E-state index in [0.717, 1.165) is 13.1 Å². The molecule has 0 aliphatic carbocycles. The van der Waals surface area contributed by atoms with Crippen LogP contribution in [0.3, 0.4) is 0 Å². The number of alkyl halides is 1. The van der Waals surface area contributed by atoms with Gasteiger partial charge < -0.3 is 10.0 Å². The summed E-state index contributed by atoms with van der Waals surface area (Å²) in [6, 6.07) is 0. The molecule has 2 nitrogen and oxygen atoms in total. The van der Waals surface area contributed by atoms with Gasteiger partial charge in [-0.25, -0.2) is 0 Å². The maximum atomic E-state index is 8.71. The minimum atomic E-state index is -0.718. The third kappa shape index (κ3) is 4.70. The van der Waals surface area contributed by atoms with Crippen LogP contribution in [0.2, 0.25) is 0 Å². The Balaban J connectivity index is 3.31. The highest BCUT2D eigenvalue weighted by Crippen LogP contribution is 1.94. The molecule has 0 radical (unpaired) electrons. The maximum absolute atomic E-state index is 8.71. The van der Waals surface area contributed by atoms with Crippen molar-refractivity contribution in [2.75, 3.05) is 19.6 Å². The Bertz CT molecular complexity index is 64.1. The van der Waals surface area contributed by atoms with Gasteiger partial charge in [-0.15, -0.1) is 0 Å². The van der Waals surface area contributed by atoms with Crippen LogP contribution in [-0.4, -0.2) is 35.2 Å². The first-order valence-electron chi connectivity index (χ1n) is 3.25. The first-order valence-corrected chi connectivity index (χ1v) is 3.68. The number of rotatable bonds is 4. The van der Waals surface area contributed by atoms with E-state index in [1.165, 1.54) is 0 Å². The van der Waals surface area contributed by atoms with E-state index in [1.807, 2.05) is 13.8 Å². The van der Waals surface area contributed by atoms with Crippen LogP contribution in [0.4, 0.5) is 0 Å². The van der Waals surface area contributed by atoms with Gasteiger partial charge in [0.05, 0.1) is 0 Å². The van der Waals surface area contributed by atoms with Gasteiger partial charge in [0.25, 0.3) is 0 Å². The highest BCUT2D eigenvalue weighted by molar-refractivity contribution is 6.19. The molecule has 0 aliphatic heterocycles. The Morgan fingerprint density at radius 1 is 1.44 bits per heavy atom. The second kappa shape index (κ2) is 5.03. The summed E-state index contributed by atoms with van der Waals surface area (Å²) >= 11 is 5.34. The number of aliphatic hydroxyl groups is 1. The SMILES string of the molecule is CCN(CC)CC(O)Cl. The van der Waals surface area contributed by atoms with Crippen molar-refractivity contribution in [2.45, 2.75) is 19.4 Å². The van der Waals surface area contributed by atoms with E-state index in [2.05, 4.69) is 4.90 Å². The summed E-state index contributed by atoms with van der Waals surface area (Å²) in [5, 5.41) is 8.71. The van der Waals surface area contributed by atoms with Gasteiger partial charge in [0.1, 0.15) is 5.56 Å². The van der Waals surface area contributed by atoms with Crippen LogP contribution in [0, 0.1) is 0 Å². The summed E-state index contributed by atoms with van der Waals surface area (Å²) in [7, 11) is 0. The molecule has 0 amide bonds. The van der Waals surface area contributed by atoms with E-state index < -0.39 is 5.56 Å². The molecule has 3 heteroatoms. The van der Waals surface area contributed by atoms with Crippen LogP contribution in [-0.2, 0) is 0 Å². The molecule has 56 valence electrons. The highest BCUT2D eigenvalue weighted by Gasteiger charge is 2.03. The average molecular weight is 152 g/mol. The first kappa shape index (κ1) is 9.21. The van der Waals surface area contributed by atoms with E-state index in [4.69, 9.17) is 16.7 Å². The highest BCUT2D eigenvalue weighted by atomic mass is 35.5. The monoisotopic (exact) mass is 151 g/mol. The molecule has 0 saturated carbocycles. The Labute approximate surface area is 61.4 Å². The Morgan fingerprint density at radius 3 is 2.00 bits per heavy atom. The second-order valence-corrected chi connectivity index (χ2v) is 2.42. The molecule has 1 atom stereocenters. The van der Waals surface area contributed by atoms with Crippen molar-refractivity contribution in [1.82, 2.24) is 4.90 Å². The summed E-state index contributed by atoms with van der Waals surface area (Å²) in [5.41, 5.74) is -0.718. The predicted molar refractivity (Wildman–Crippen MR) is 39.6 cm³/mol. The molecule has 0 aromatic carbocycles. The zero-order chi connectivity index (χ0) is 7.28. The van der Waals surface area contributed by atoms with Crippen LogP contribution < -0.4 is 0 Å². The van der Waals surface area contributed by atoms with Gasteiger partial charge in [0.2, 0.25) is 0 Å². The summed E-state index contributed by atoms with van der Waals surface area (Å²) < 4.78 is 0. The van der Waals surface area contributed by atoms with Crippen molar-refractivity contribution in [2.24, 2.45) is 0 Å². The number of hydrogen-bond acceptors (Lipinski definition) is 2. The fraction of sp³-hybridized carbons (Fsp3) is 1.00. The molecular formula is C6H14ClNO. The van der Waals surface area contributed by atoms with Crippen molar-refractivity contribution in [3.63, 3.8) is 0 Å². The largest absolute Gasteiger partial charge is 0.376 e. The van der Waals surface area contributed by atoms with Crippen molar-refractivity contribution >= 4 is 11.6 Å². The summed E-state index contributed by atoms with van der Waals surface area (Å²) in [6.07, 6.45) is 0. The van der Waals surface area contributed by atoms with Gasteiger partial charge in [-0.3, -0.25) is 0 Å². The van der Waals surface area contributed by atoms with Gasteiger partial charge >= 0.3 is 0 Å². The van der Waals surface area contributed by atoms with E-state index in [0.29, 0.717) is 6.54 Å². The molecular weight excluding hydrogens is 138 g/mol. The molecule has 0 heterocycles. The third-order valence-corrected chi connectivity index (χ3v) is 1.44. The summed E-state index contributed by atoms with van der Waals surface area (Å²) in [4.78, 5) is 2.07. The van der Waals surface area contributed by atoms with Crippen molar-refractivity contribution in [3.8, 4) is 0 Å². The third-order valence-electron chi connectivity index (χ3n) is 1.30. The number of likely N-dealkylation sites (N-methyl/N-ethyl adjacent to an activating group) is 1. The van der Waals surface area contributed by atoms with Crippen molar-refractivity contribution in [1.29, 1.82) is 0 Å². The van der Waals surface area contributed by atoms with Gasteiger partial charge in [-0.2, -0.15) is 0 Å². The Hall–Kier alpha value is 0.210. The minimum Gasteiger partial charge on any atom is -0.376 e. The molecule has 0 aliphatic rings. The average Bonchev–Trinajstić information content (AvgIpc) is 1.82. The smallest absolute Gasteiger partial charge is 0.140 e.